The summed E-state index contributed by atoms with van der Waals surface area (Å²) in [5.41, 5.74) is 4.12. The van der Waals surface area contributed by atoms with Gasteiger partial charge in [-0.25, -0.2) is 0 Å². The molecule has 0 unspecified atom stereocenters. The number of nitrogens with one attached hydrogen (secondary N) is 1. The first-order valence-corrected chi connectivity index (χ1v) is 9.43. The van der Waals surface area contributed by atoms with Crippen LogP contribution in [0.3, 0.4) is 0 Å². The van der Waals surface area contributed by atoms with Gasteiger partial charge in [0.1, 0.15) is 0 Å². The fourth-order valence-electron chi connectivity index (χ4n) is 3.44. The van der Waals surface area contributed by atoms with Crippen molar-refractivity contribution in [1.82, 2.24) is 20.0 Å². The highest BCUT2D eigenvalue weighted by Gasteiger charge is 2.20. The van der Waals surface area contributed by atoms with E-state index in [1.165, 1.54) is 16.8 Å². The molecule has 0 atom stereocenters. The number of guanidine groups is 1. The molecule has 1 aliphatic heterocycles. The molecule has 0 aliphatic carbocycles. The van der Waals surface area contributed by atoms with E-state index < -0.39 is 0 Å². The van der Waals surface area contributed by atoms with Gasteiger partial charge >= 0.3 is 0 Å². The van der Waals surface area contributed by atoms with Gasteiger partial charge < -0.3 is 15.1 Å². The maximum atomic E-state index is 4.47. The number of anilines is 1. The van der Waals surface area contributed by atoms with Crippen LogP contribution >= 0.6 is 0 Å². The summed E-state index contributed by atoms with van der Waals surface area (Å²) in [7, 11) is 1.87. The van der Waals surface area contributed by atoms with E-state index in [-0.39, 0.29) is 0 Å². The summed E-state index contributed by atoms with van der Waals surface area (Å²) in [5.74, 6) is 1.01. The zero-order valence-corrected chi connectivity index (χ0v) is 16.1. The Morgan fingerprint density at radius 3 is 2.65 bits per heavy atom. The van der Waals surface area contributed by atoms with E-state index in [9.17, 15) is 0 Å². The Balaban J connectivity index is 1.47. The van der Waals surface area contributed by atoms with Crippen LogP contribution in [0.25, 0.3) is 0 Å². The smallest absolute Gasteiger partial charge is 0.193 e. The second-order valence-corrected chi connectivity index (χ2v) is 6.79. The van der Waals surface area contributed by atoms with Gasteiger partial charge in [0, 0.05) is 64.4 Å². The van der Waals surface area contributed by atoms with Crippen LogP contribution in [0.5, 0.6) is 0 Å². The highest BCUT2D eigenvalue weighted by Crippen LogP contribution is 2.23. The van der Waals surface area contributed by atoms with Crippen molar-refractivity contribution in [2.24, 2.45) is 4.99 Å². The molecule has 1 fully saturated rings. The topological polar surface area (TPSA) is 48.7 Å². The minimum Gasteiger partial charge on any atom is -0.368 e. The van der Waals surface area contributed by atoms with Gasteiger partial charge in [0.15, 0.2) is 5.96 Å². The van der Waals surface area contributed by atoms with Gasteiger partial charge in [-0.15, -0.1) is 0 Å². The fraction of sp³-hybridized carbons (Fsp3) is 0.500. The quantitative estimate of drug-likeness (QED) is 0.508. The number of benzene rings is 1. The molecule has 1 aromatic carbocycles. The normalized spacial score (nSPS) is 15.4. The van der Waals surface area contributed by atoms with Crippen molar-refractivity contribution < 1.29 is 0 Å². The first-order chi connectivity index (χ1) is 12.7. The molecule has 2 heterocycles. The van der Waals surface area contributed by atoms with Gasteiger partial charge in [0.05, 0.1) is 0 Å². The van der Waals surface area contributed by atoms with Crippen LogP contribution in [0, 0.1) is 13.8 Å². The Hall–Kier alpha value is -2.50. The lowest BCUT2D eigenvalue weighted by Crippen LogP contribution is -2.52. The third kappa shape index (κ3) is 4.36. The lowest BCUT2D eigenvalue weighted by molar-refractivity contribution is 0.371. The number of hydrogen-bond donors (Lipinski definition) is 1. The lowest BCUT2D eigenvalue weighted by Gasteiger charge is -2.38. The monoisotopic (exact) mass is 354 g/mol. The molecule has 0 saturated carbocycles. The summed E-state index contributed by atoms with van der Waals surface area (Å²) in [6.45, 7) is 10.3. The summed E-state index contributed by atoms with van der Waals surface area (Å²) in [6.07, 6.45) is 4.85. The number of piperazine rings is 1. The van der Waals surface area contributed by atoms with E-state index in [0.717, 1.165) is 51.6 Å². The first-order valence-electron chi connectivity index (χ1n) is 9.43. The van der Waals surface area contributed by atoms with E-state index in [1.807, 2.05) is 30.2 Å². The summed E-state index contributed by atoms with van der Waals surface area (Å²) >= 11 is 0. The van der Waals surface area contributed by atoms with Gasteiger partial charge in [-0.05, 0) is 43.5 Å². The highest BCUT2D eigenvalue weighted by molar-refractivity contribution is 5.80. The van der Waals surface area contributed by atoms with E-state index in [1.54, 1.807) is 0 Å². The van der Waals surface area contributed by atoms with Gasteiger partial charge in [-0.1, -0.05) is 12.1 Å². The minimum absolute atomic E-state index is 0.906. The Kier molecular flexibility index (Phi) is 6.15. The Morgan fingerprint density at radius 2 is 1.96 bits per heavy atom. The van der Waals surface area contributed by atoms with E-state index in [2.05, 4.69) is 57.3 Å². The molecule has 0 bridgehead atoms. The average Bonchev–Trinajstić information content (AvgIpc) is 3.18. The molecular formula is C20H30N6. The molecule has 0 amide bonds. The molecule has 1 aliphatic rings. The van der Waals surface area contributed by atoms with Gasteiger partial charge in [-0.2, -0.15) is 5.10 Å². The summed E-state index contributed by atoms with van der Waals surface area (Å²) < 4.78 is 1.97. The summed E-state index contributed by atoms with van der Waals surface area (Å²) in [5, 5.41) is 7.73. The molecule has 6 nitrogen and oxygen atoms in total. The zero-order valence-electron chi connectivity index (χ0n) is 16.1. The number of nitrogens with zero attached hydrogens (tertiary/aromatic N) is 5. The Bertz CT molecular complexity index is 714. The third-order valence-corrected chi connectivity index (χ3v) is 5.11. The number of hydrogen-bond acceptors (Lipinski definition) is 3. The number of aromatic nitrogens is 2. The zero-order chi connectivity index (χ0) is 18.4. The van der Waals surface area contributed by atoms with Crippen LogP contribution in [-0.2, 0) is 6.54 Å². The predicted octanol–water partition coefficient (Wildman–Crippen LogP) is 2.29. The molecule has 1 N–H and O–H groups in total. The second kappa shape index (κ2) is 8.74. The van der Waals surface area contributed by atoms with Gasteiger partial charge in [-0.3, -0.25) is 9.67 Å². The van der Waals surface area contributed by atoms with Gasteiger partial charge in [0.25, 0.3) is 0 Å². The van der Waals surface area contributed by atoms with E-state index >= 15 is 0 Å². The lowest BCUT2D eigenvalue weighted by atomic mass is 10.1. The fourth-order valence-corrected chi connectivity index (χ4v) is 3.44. The van der Waals surface area contributed by atoms with Crippen molar-refractivity contribution in [2.75, 3.05) is 44.7 Å². The number of aliphatic imine (C=N–C) groups is 1. The molecule has 6 heteroatoms. The minimum atomic E-state index is 0.906. The van der Waals surface area contributed by atoms with E-state index in [4.69, 9.17) is 0 Å². The Labute approximate surface area is 156 Å². The molecule has 0 radical (unpaired) electrons. The molecule has 26 heavy (non-hydrogen) atoms. The molecular weight excluding hydrogens is 324 g/mol. The summed E-state index contributed by atoms with van der Waals surface area (Å²) in [6, 6.07) is 8.54. The maximum absolute atomic E-state index is 4.47. The van der Waals surface area contributed by atoms with Crippen molar-refractivity contribution in [3.8, 4) is 0 Å². The van der Waals surface area contributed by atoms with E-state index in [0.29, 0.717) is 0 Å². The first kappa shape index (κ1) is 18.3. The SMILES string of the molecule is CN=C(NCCCn1cccn1)N1CCN(c2cccc(C)c2C)CC1. The maximum Gasteiger partial charge on any atom is 0.193 e. The molecule has 1 aromatic heterocycles. The Morgan fingerprint density at radius 1 is 1.15 bits per heavy atom. The van der Waals surface area contributed by atoms with Crippen LogP contribution in [0.2, 0.25) is 0 Å². The molecule has 0 spiro atoms. The largest absolute Gasteiger partial charge is 0.368 e. The van der Waals surface area contributed by atoms with Crippen molar-refractivity contribution in [1.29, 1.82) is 0 Å². The second-order valence-electron chi connectivity index (χ2n) is 6.79. The van der Waals surface area contributed by atoms with Crippen LogP contribution in [0.15, 0.2) is 41.7 Å². The predicted molar refractivity (Wildman–Crippen MR) is 108 cm³/mol. The molecule has 3 rings (SSSR count). The standard InChI is InChI=1S/C20H30N6/c1-17-7-4-8-19(18(17)2)24-13-15-25(16-14-24)20(21-3)22-9-5-11-26-12-6-10-23-26/h4,6-8,10,12H,5,9,11,13-16H2,1-3H3,(H,21,22). The van der Waals surface area contributed by atoms with Crippen molar-refractivity contribution >= 4 is 11.6 Å². The van der Waals surface area contributed by atoms with Crippen LogP contribution in [0.4, 0.5) is 5.69 Å². The molecule has 140 valence electrons. The van der Waals surface area contributed by atoms with Crippen molar-refractivity contribution in [3.05, 3.63) is 47.8 Å². The van der Waals surface area contributed by atoms with Crippen molar-refractivity contribution in [2.45, 2.75) is 26.8 Å². The number of aryl methyl sites for hydroxylation is 2. The number of rotatable bonds is 5. The van der Waals surface area contributed by atoms with Crippen molar-refractivity contribution in [3.63, 3.8) is 0 Å². The molecule has 2 aromatic rings. The summed E-state index contributed by atoms with van der Waals surface area (Å²) in [4.78, 5) is 9.31. The highest BCUT2D eigenvalue weighted by atomic mass is 15.3. The molecule has 1 saturated heterocycles. The average molecular weight is 355 g/mol. The van der Waals surface area contributed by atoms with Crippen LogP contribution in [0.1, 0.15) is 17.5 Å². The van der Waals surface area contributed by atoms with Gasteiger partial charge in [0.2, 0.25) is 0 Å². The van der Waals surface area contributed by atoms with Crippen LogP contribution in [-0.4, -0.2) is 60.4 Å². The van der Waals surface area contributed by atoms with Crippen LogP contribution < -0.4 is 10.2 Å². The third-order valence-electron chi connectivity index (χ3n) is 5.11.